The second kappa shape index (κ2) is 8.53. The minimum absolute atomic E-state index is 0.0462. The van der Waals surface area contributed by atoms with Crippen LogP contribution in [0.15, 0.2) is 48.5 Å². The number of hydrogen-bond acceptors (Lipinski definition) is 4. The van der Waals surface area contributed by atoms with E-state index in [9.17, 15) is 18.4 Å². The van der Waals surface area contributed by atoms with Crippen LogP contribution in [0.25, 0.3) is 6.08 Å². The van der Waals surface area contributed by atoms with E-state index >= 15 is 0 Å². The Kier molecular flexibility index (Phi) is 6.17. The summed E-state index contributed by atoms with van der Waals surface area (Å²) in [5.74, 6) is -3.56. The van der Waals surface area contributed by atoms with E-state index in [1.165, 1.54) is 19.1 Å². The first-order valence-electron chi connectivity index (χ1n) is 7.54. The molecule has 1 N–H and O–H groups in total. The number of esters is 1. The van der Waals surface area contributed by atoms with Crippen molar-refractivity contribution in [3.8, 4) is 6.07 Å². The van der Waals surface area contributed by atoms with E-state index in [1.807, 2.05) is 6.07 Å². The van der Waals surface area contributed by atoms with E-state index in [0.29, 0.717) is 11.1 Å². The highest BCUT2D eigenvalue weighted by Gasteiger charge is 2.17. The van der Waals surface area contributed by atoms with Crippen LogP contribution in [0.2, 0.25) is 0 Å². The zero-order valence-corrected chi connectivity index (χ0v) is 13.7. The third-order valence-corrected chi connectivity index (χ3v) is 3.30. The number of hydrogen-bond donors (Lipinski definition) is 1. The van der Waals surface area contributed by atoms with Gasteiger partial charge in [0.1, 0.15) is 0 Å². The average molecular weight is 356 g/mol. The van der Waals surface area contributed by atoms with Crippen LogP contribution in [-0.4, -0.2) is 18.0 Å². The van der Waals surface area contributed by atoms with Crippen molar-refractivity contribution in [3.63, 3.8) is 0 Å². The Bertz CT molecular complexity index is 887. The zero-order chi connectivity index (χ0) is 19.1. The second-order valence-corrected chi connectivity index (χ2v) is 5.26. The molecular weight excluding hydrogens is 342 g/mol. The van der Waals surface area contributed by atoms with Gasteiger partial charge in [-0.25, -0.2) is 13.6 Å². The van der Waals surface area contributed by atoms with Gasteiger partial charge in [0.15, 0.2) is 17.7 Å². The predicted molar refractivity (Wildman–Crippen MR) is 90.7 cm³/mol. The number of carbonyl (C=O) groups is 2. The van der Waals surface area contributed by atoms with E-state index in [2.05, 4.69) is 5.32 Å². The molecule has 0 fully saturated rings. The molecule has 0 aliphatic rings. The molecule has 0 bridgehead atoms. The highest BCUT2D eigenvalue weighted by atomic mass is 19.2. The third kappa shape index (κ3) is 5.24. The summed E-state index contributed by atoms with van der Waals surface area (Å²) in [6.45, 7) is 1.35. The summed E-state index contributed by atoms with van der Waals surface area (Å²) in [6.07, 6.45) is 1.48. The highest BCUT2D eigenvalue weighted by Crippen LogP contribution is 2.14. The molecule has 0 aliphatic heterocycles. The Labute approximate surface area is 148 Å². The lowest BCUT2D eigenvalue weighted by Crippen LogP contribution is -2.29. The van der Waals surface area contributed by atoms with Crippen LogP contribution < -0.4 is 5.32 Å². The standard InChI is InChI=1S/C19H14F2N2O3/c1-12(19(25)23-15-7-8-16(20)17(21)10-15)26-18(24)9-6-13-2-4-14(11-22)5-3-13/h2-10,12H,1H3,(H,23,25)/b9-6+/t12-/m0/s1. The molecule has 2 aromatic rings. The smallest absolute Gasteiger partial charge is 0.331 e. The molecule has 2 rings (SSSR count). The van der Waals surface area contributed by atoms with Gasteiger partial charge >= 0.3 is 5.97 Å². The van der Waals surface area contributed by atoms with Gasteiger partial charge in [-0.15, -0.1) is 0 Å². The normalized spacial score (nSPS) is 11.6. The lowest BCUT2D eigenvalue weighted by Gasteiger charge is -2.12. The molecule has 1 atom stereocenters. The third-order valence-electron chi connectivity index (χ3n) is 3.30. The van der Waals surface area contributed by atoms with Crippen LogP contribution >= 0.6 is 0 Å². The minimum atomic E-state index is -1.14. The largest absolute Gasteiger partial charge is 0.449 e. The van der Waals surface area contributed by atoms with Crippen molar-refractivity contribution in [2.75, 3.05) is 5.32 Å². The minimum Gasteiger partial charge on any atom is -0.449 e. The number of carbonyl (C=O) groups excluding carboxylic acids is 2. The Morgan fingerprint density at radius 1 is 1.15 bits per heavy atom. The van der Waals surface area contributed by atoms with E-state index in [0.717, 1.165) is 18.2 Å². The van der Waals surface area contributed by atoms with Crippen LogP contribution in [0.1, 0.15) is 18.1 Å². The molecule has 1 amide bonds. The fourth-order valence-corrected chi connectivity index (χ4v) is 1.92. The maximum atomic E-state index is 13.1. The van der Waals surface area contributed by atoms with Crippen molar-refractivity contribution < 1.29 is 23.1 Å². The van der Waals surface area contributed by atoms with Crippen molar-refractivity contribution in [1.82, 2.24) is 0 Å². The molecule has 132 valence electrons. The Morgan fingerprint density at radius 2 is 1.85 bits per heavy atom. The molecule has 7 heteroatoms. The van der Waals surface area contributed by atoms with Gasteiger partial charge in [-0.2, -0.15) is 5.26 Å². The first-order chi connectivity index (χ1) is 12.4. The Morgan fingerprint density at radius 3 is 2.46 bits per heavy atom. The maximum Gasteiger partial charge on any atom is 0.331 e. The quantitative estimate of drug-likeness (QED) is 0.658. The molecule has 0 saturated heterocycles. The number of anilines is 1. The van der Waals surface area contributed by atoms with Crippen LogP contribution in [-0.2, 0) is 14.3 Å². The van der Waals surface area contributed by atoms with Crippen molar-refractivity contribution in [3.05, 3.63) is 71.3 Å². The molecule has 2 aromatic carbocycles. The monoisotopic (exact) mass is 356 g/mol. The topological polar surface area (TPSA) is 79.2 Å². The fraction of sp³-hybridized carbons (Fsp3) is 0.105. The molecule has 0 spiro atoms. The van der Waals surface area contributed by atoms with E-state index < -0.39 is 29.6 Å². The van der Waals surface area contributed by atoms with Crippen molar-refractivity contribution >= 4 is 23.6 Å². The van der Waals surface area contributed by atoms with Crippen molar-refractivity contribution in [1.29, 1.82) is 5.26 Å². The molecule has 0 radical (unpaired) electrons. The number of benzene rings is 2. The molecular formula is C19H14F2N2O3. The molecule has 0 aromatic heterocycles. The van der Waals surface area contributed by atoms with Crippen LogP contribution in [0, 0.1) is 23.0 Å². The van der Waals surface area contributed by atoms with Gasteiger partial charge in [0.2, 0.25) is 0 Å². The fourth-order valence-electron chi connectivity index (χ4n) is 1.92. The maximum absolute atomic E-state index is 13.1. The zero-order valence-electron chi connectivity index (χ0n) is 13.7. The van der Waals surface area contributed by atoms with E-state index in [1.54, 1.807) is 24.3 Å². The summed E-state index contributed by atoms with van der Waals surface area (Å²) in [6, 6.07) is 11.4. The van der Waals surface area contributed by atoms with Crippen molar-refractivity contribution in [2.45, 2.75) is 13.0 Å². The highest BCUT2D eigenvalue weighted by molar-refractivity contribution is 5.96. The lowest BCUT2D eigenvalue weighted by molar-refractivity contribution is -0.148. The first kappa shape index (κ1) is 18.8. The number of halogens is 2. The van der Waals surface area contributed by atoms with Gasteiger partial charge in [-0.3, -0.25) is 4.79 Å². The Hall–Kier alpha value is -3.53. The number of nitriles is 1. The number of nitrogens with one attached hydrogen (secondary N) is 1. The summed E-state index contributed by atoms with van der Waals surface area (Å²) in [7, 11) is 0. The first-order valence-corrected chi connectivity index (χ1v) is 7.54. The van der Waals surface area contributed by atoms with Gasteiger partial charge in [-0.1, -0.05) is 12.1 Å². The van der Waals surface area contributed by atoms with E-state index in [4.69, 9.17) is 10.00 Å². The summed E-state index contributed by atoms with van der Waals surface area (Å²) in [5, 5.41) is 11.0. The van der Waals surface area contributed by atoms with Crippen LogP contribution in [0.5, 0.6) is 0 Å². The summed E-state index contributed by atoms with van der Waals surface area (Å²) in [5.41, 5.74) is 1.22. The van der Waals surface area contributed by atoms with Crippen molar-refractivity contribution in [2.24, 2.45) is 0 Å². The van der Waals surface area contributed by atoms with Gasteiger partial charge in [0, 0.05) is 17.8 Å². The molecule has 26 heavy (non-hydrogen) atoms. The average Bonchev–Trinajstić information content (AvgIpc) is 2.63. The predicted octanol–water partition coefficient (Wildman–Crippen LogP) is 3.42. The number of amides is 1. The summed E-state index contributed by atoms with van der Waals surface area (Å²) < 4.78 is 30.9. The molecule has 0 aliphatic carbocycles. The molecule has 0 unspecified atom stereocenters. The van der Waals surface area contributed by atoms with Gasteiger partial charge in [0.05, 0.1) is 11.6 Å². The summed E-state index contributed by atoms with van der Waals surface area (Å²) >= 11 is 0. The number of rotatable bonds is 5. The number of nitrogens with zero attached hydrogens (tertiary/aromatic N) is 1. The second-order valence-electron chi connectivity index (χ2n) is 5.26. The molecule has 0 heterocycles. The van der Waals surface area contributed by atoms with Gasteiger partial charge in [-0.05, 0) is 42.8 Å². The Balaban J connectivity index is 1.90. The van der Waals surface area contributed by atoms with Gasteiger partial charge < -0.3 is 10.1 Å². The SMILES string of the molecule is C[C@H](OC(=O)/C=C/c1ccc(C#N)cc1)C(=O)Nc1ccc(F)c(F)c1. The van der Waals surface area contributed by atoms with Gasteiger partial charge in [0.25, 0.3) is 5.91 Å². The van der Waals surface area contributed by atoms with E-state index in [-0.39, 0.29) is 5.69 Å². The van der Waals surface area contributed by atoms with Crippen LogP contribution in [0.4, 0.5) is 14.5 Å². The molecule has 0 saturated carbocycles. The summed E-state index contributed by atoms with van der Waals surface area (Å²) in [4.78, 5) is 23.7. The lowest BCUT2D eigenvalue weighted by atomic mass is 10.1. The molecule has 5 nitrogen and oxygen atoms in total. The number of ether oxygens (including phenoxy) is 1. The van der Waals surface area contributed by atoms with Crippen LogP contribution in [0.3, 0.4) is 0 Å².